The van der Waals surface area contributed by atoms with Crippen LogP contribution in [0.2, 0.25) is 0 Å². The largest absolute Gasteiger partial charge is 0.493 e. The van der Waals surface area contributed by atoms with E-state index in [1.165, 1.54) is 47.3 Å². The molecule has 0 spiro atoms. The van der Waals surface area contributed by atoms with Crippen molar-refractivity contribution in [3.63, 3.8) is 0 Å². The number of carbonyl (C=O) groups is 1. The predicted molar refractivity (Wildman–Crippen MR) is 138 cm³/mol. The van der Waals surface area contributed by atoms with Crippen molar-refractivity contribution in [1.82, 2.24) is 15.0 Å². The summed E-state index contributed by atoms with van der Waals surface area (Å²) < 4.78 is 60.7. The van der Waals surface area contributed by atoms with E-state index in [0.29, 0.717) is 22.8 Å². The second-order valence-corrected chi connectivity index (χ2v) is 10.4. The number of methoxy groups -OCH3 is 3. The van der Waals surface area contributed by atoms with Gasteiger partial charge in [-0.05, 0) is 43.7 Å². The summed E-state index contributed by atoms with van der Waals surface area (Å²) in [4.78, 5) is 44.8. The third-order valence-electron chi connectivity index (χ3n) is 5.87. The third kappa shape index (κ3) is 6.31. The molecule has 4 rings (SSSR count). The van der Waals surface area contributed by atoms with Crippen molar-refractivity contribution in [2.24, 2.45) is 0 Å². The Hall–Kier alpha value is -3.84. The number of pyridine rings is 1. The monoisotopic (exact) mass is 579 g/mol. The molecule has 214 valence electrons. The molecule has 1 aliphatic heterocycles. The summed E-state index contributed by atoms with van der Waals surface area (Å²) in [6.07, 6.45) is -0.703. The maximum absolute atomic E-state index is 15.0. The lowest BCUT2D eigenvalue weighted by Crippen LogP contribution is -2.53. The molecule has 0 unspecified atom stereocenters. The lowest BCUT2D eigenvalue weighted by atomic mass is 10.1. The van der Waals surface area contributed by atoms with Crippen LogP contribution in [0.1, 0.15) is 38.0 Å². The van der Waals surface area contributed by atoms with Gasteiger partial charge in [-0.3, -0.25) is 14.2 Å². The van der Waals surface area contributed by atoms with E-state index < -0.39 is 38.1 Å². The van der Waals surface area contributed by atoms with Crippen LogP contribution in [-0.2, 0) is 26.7 Å². The molecule has 0 saturated carbocycles. The van der Waals surface area contributed by atoms with Crippen molar-refractivity contribution in [1.29, 1.82) is 0 Å². The van der Waals surface area contributed by atoms with Crippen molar-refractivity contribution >= 4 is 19.5 Å². The maximum Gasteiger partial charge on any atom is 0.471 e. The lowest BCUT2D eigenvalue weighted by molar-refractivity contribution is -0.133. The number of phosphoric acid groups is 1. The van der Waals surface area contributed by atoms with E-state index in [9.17, 15) is 13.8 Å². The summed E-state index contributed by atoms with van der Waals surface area (Å²) in [5.74, 6) is -0.174. The molecular weight excluding hydrogens is 550 g/mol. The normalized spacial score (nSPS) is 14.8. The van der Waals surface area contributed by atoms with Gasteiger partial charge in [-0.15, -0.1) is 0 Å². The molecule has 1 aromatic carbocycles. The summed E-state index contributed by atoms with van der Waals surface area (Å²) >= 11 is 0. The highest BCUT2D eigenvalue weighted by molar-refractivity contribution is 7.46. The fraction of sp³-hybridized carbons (Fsp3) is 0.360. The van der Waals surface area contributed by atoms with E-state index in [0.717, 1.165) is 4.90 Å². The van der Waals surface area contributed by atoms with Gasteiger partial charge >= 0.3 is 7.82 Å². The van der Waals surface area contributed by atoms with Crippen LogP contribution in [-0.4, -0.2) is 64.3 Å². The van der Waals surface area contributed by atoms with Gasteiger partial charge in [-0.2, -0.15) is 0 Å². The molecule has 13 nitrogen and oxygen atoms in total. The SMILES string of the molecule is [2H]c1nc(Cc2cc(OC)c(OC)c(OC)c2)nc(Cc2ccc3c(n2)N(COP(=O)(O)O)C(=O)C(C)(C)O3)c1F. The number of halogens is 1. The van der Waals surface area contributed by atoms with Gasteiger partial charge in [0, 0.05) is 18.5 Å². The predicted octanol–water partition coefficient (Wildman–Crippen LogP) is 2.79. The number of benzene rings is 1. The van der Waals surface area contributed by atoms with Gasteiger partial charge in [0.1, 0.15) is 12.6 Å². The Morgan fingerprint density at radius 1 is 1.10 bits per heavy atom. The maximum atomic E-state index is 15.0. The number of fused-ring (bicyclic) bond motifs is 1. The summed E-state index contributed by atoms with van der Waals surface area (Å²) in [5.41, 5.74) is -0.602. The third-order valence-corrected chi connectivity index (χ3v) is 6.32. The molecule has 15 heteroatoms. The van der Waals surface area contributed by atoms with Crippen molar-refractivity contribution in [3.05, 3.63) is 59.0 Å². The number of ether oxygens (including phenoxy) is 4. The Bertz CT molecular complexity index is 1510. The van der Waals surface area contributed by atoms with Crippen molar-refractivity contribution in [2.75, 3.05) is 33.0 Å². The minimum atomic E-state index is -4.91. The second-order valence-electron chi connectivity index (χ2n) is 9.12. The first-order valence-corrected chi connectivity index (χ1v) is 13.3. The van der Waals surface area contributed by atoms with Crippen molar-refractivity contribution in [2.45, 2.75) is 32.3 Å². The van der Waals surface area contributed by atoms with Crippen LogP contribution in [0.15, 0.2) is 30.4 Å². The Kier molecular flexibility index (Phi) is 7.86. The van der Waals surface area contributed by atoms with Gasteiger partial charge in [-0.1, -0.05) is 0 Å². The fourth-order valence-electron chi connectivity index (χ4n) is 4.03. The summed E-state index contributed by atoms with van der Waals surface area (Å²) in [5, 5.41) is 0. The molecule has 0 aliphatic carbocycles. The first kappa shape index (κ1) is 27.7. The first-order valence-electron chi connectivity index (χ1n) is 12.3. The Morgan fingerprint density at radius 3 is 2.38 bits per heavy atom. The first-order chi connectivity index (χ1) is 19.3. The van der Waals surface area contributed by atoms with Gasteiger partial charge in [0.15, 0.2) is 34.5 Å². The topological polar surface area (TPSA) is 163 Å². The van der Waals surface area contributed by atoms with E-state index in [1.807, 2.05) is 0 Å². The molecule has 1 aliphatic rings. The van der Waals surface area contributed by atoms with Crippen LogP contribution in [0, 0.1) is 5.82 Å². The fourth-order valence-corrected chi connectivity index (χ4v) is 4.30. The lowest BCUT2D eigenvalue weighted by Gasteiger charge is -2.37. The van der Waals surface area contributed by atoms with E-state index in [4.69, 9.17) is 30.1 Å². The van der Waals surface area contributed by atoms with Crippen molar-refractivity contribution in [3.8, 4) is 23.0 Å². The zero-order chi connectivity index (χ0) is 30.1. The number of rotatable bonds is 10. The number of nitrogens with zero attached hydrogens (tertiary/aromatic N) is 4. The minimum Gasteiger partial charge on any atom is -0.493 e. The molecule has 1 amide bonds. The number of anilines is 1. The summed E-state index contributed by atoms with van der Waals surface area (Å²) in [6.45, 7) is 2.17. The van der Waals surface area contributed by atoms with Gasteiger partial charge in [0.2, 0.25) is 5.75 Å². The number of aromatic nitrogens is 3. The van der Waals surface area contributed by atoms with Crippen LogP contribution < -0.4 is 23.8 Å². The van der Waals surface area contributed by atoms with Crippen LogP contribution in [0.3, 0.4) is 0 Å². The Morgan fingerprint density at radius 2 is 1.77 bits per heavy atom. The molecule has 3 aromatic rings. The van der Waals surface area contributed by atoms with Crippen LogP contribution >= 0.6 is 7.82 Å². The van der Waals surface area contributed by atoms with E-state index in [-0.39, 0.29) is 41.6 Å². The highest BCUT2D eigenvalue weighted by Crippen LogP contribution is 2.41. The number of amides is 1. The summed E-state index contributed by atoms with van der Waals surface area (Å²) in [6, 6.07) is 6.40. The highest BCUT2D eigenvalue weighted by atomic mass is 31.2. The smallest absolute Gasteiger partial charge is 0.471 e. The number of hydrogen-bond acceptors (Lipinski definition) is 10. The average molecular weight is 579 g/mol. The molecular formula is C25H28FN4O9P. The van der Waals surface area contributed by atoms with Crippen LogP contribution in [0.4, 0.5) is 10.2 Å². The van der Waals surface area contributed by atoms with Crippen LogP contribution in [0.25, 0.3) is 0 Å². The number of phosphoric ester groups is 1. The molecule has 0 atom stereocenters. The molecule has 2 aromatic heterocycles. The second kappa shape index (κ2) is 11.3. The summed E-state index contributed by atoms with van der Waals surface area (Å²) in [7, 11) is -0.494. The molecule has 40 heavy (non-hydrogen) atoms. The zero-order valence-corrected chi connectivity index (χ0v) is 23.2. The van der Waals surface area contributed by atoms with Gasteiger partial charge in [-0.25, -0.2) is 23.9 Å². The van der Waals surface area contributed by atoms with Crippen molar-refractivity contribution < 1.29 is 48.4 Å². The molecule has 0 radical (unpaired) electrons. The Labute approximate surface area is 230 Å². The van der Waals surface area contributed by atoms with Gasteiger partial charge in [0.25, 0.3) is 5.91 Å². The van der Waals surface area contributed by atoms with Gasteiger partial charge < -0.3 is 28.7 Å². The molecule has 0 bridgehead atoms. The number of carbonyl (C=O) groups excluding carboxylic acids is 1. The van der Waals surface area contributed by atoms with E-state index >= 15 is 0 Å². The molecule has 3 heterocycles. The standard InChI is InChI=1S/C25H28FN4O9P/c1-25(2)24(31)30(13-38-40(32,33)34)23-18(39-25)7-6-15(28-23)11-17-16(26)12-27-21(29-17)10-14-8-19(35-3)22(37-5)20(9-14)36-4/h6-9,12H,10-11,13H2,1-5H3,(H2,32,33,34)/i12D. The highest BCUT2D eigenvalue weighted by Gasteiger charge is 2.42. The quantitative estimate of drug-likeness (QED) is 0.338. The van der Waals surface area contributed by atoms with Gasteiger partial charge in [0.05, 0.1) is 34.6 Å². The molecule has 0 fully saturated rings. The average Bonchev–Trinajstić information content (AvgIpc) is 2.90. The van der Waals surface area contributed by atoms with E-state index in [2.05, 4.69) is 19.5 Å². The number of hydrogen-bond donors (Lipinski definition) is 2. The zero-order valence-electron chi connectivity index (χ0n) is 23.3. The Balaban J connectivity index is 1.66. The minimum absolute atomic E-state index is 0.0708. The van der Waals surface area contributed by atoms with E-state index in [1.54, 1.807) is 12.1 Å². The van der Waals surface area contributed by atoms with Crippen LogP contribution in [0.5, 0.6) is 23.0 Å². The molecule has 2 N–H and O–H groups in total. The molecule has 0 saturated heterocycles.